The lowest BCUT2D eigenvalue weighted by Gasteiger charge is -2.07. The SMILES string of the molecule is O=C1NC(=O)C(c2ccccc2)C1=Nc1cccc(Cl)c1. The summed E-state index contributed by atoms with van der Waals surface area (Å²) < 4.78 is 0. The molecule has 1 heterocycles. The normalized spacial score (nSPS) is 19.9. The fourth-order valence-electron chi connectivity index (χ4n) is 2.26. The number of aliphatic imine (C=N–C) groups is 1. The number of carbonyl (C=O) groups is 2. The van der Waals surface area contributed by atoms with Crippen LogP contribution in [0.25, 0.3) is 0 Å². The summed E-state index contributed by atoms with van der Waals surface area (Å²) >= 11 is 5.91. The highest BCUT2D eigenvalue weighted by atomic mass is 35.5. The van der Waals surface area contributed by atoms with Crippen LogP contribution < -0.4 is 5.32 Å². The number of carbonyl (C=O) groups excluding carboxylic acids is 2. The van der Waals surface area contributed by atoms with Gasteiger partial charge in [-0.3, -0.25) is 14.9 Å². The van der Waals surface area contributed by atoms with Gasteiger partial charge in [-0.1, -0.05) is 48.0 Å². The Labute approximate surface area is 126 Å². The van der Waals surface area contributed by atoms with Crippen molar-refractivity contribution in [1.29, 1.82) is 0 Å². The molecule has 3 rings (SSSR count). The van der Waals surface area contributed by atoms with Crippen molar-refractivity contribution in [2.45, 2.75) is 5.92 Å². The van der Waals surface area contributed by atoms with Crippen LogP contribution in [-0.2, 0) is 9.59 Å². The van der Waals surface area contributed by atoms with Crippen LogP contribution in [-0.4, -0.2) is 17.5 Å². The van der Waals surface area contributed by atoms with E-state index in [1.165, 1.54) is 0 Å². The van der Waals surface area contributed by atoms with E-state index in [1.54, 1.807) is 36.4 Å². The van der Waals surface area contributed by atoms with Gasteiger partial charge in [-0.15, -0.1) is 0 Å². The molecule has 1 aliphatic rings. The van der Waals surface area contributed by atoms with Gasteiger partial charge >= 0.3 is 0 Å². The molecule has 0 bridgehead atoms. The molecular weight excluding hydrogens is 288 g/mol. The van der Waals surface area contributed by atoms with Crippen molar-refractivity contribution >= 4 is 34.8 Å². The summed E-state index contributed by atoms with van der Waals surface area (Å²) in [6, 6.07) is 15.9. The van der Waals surface area contributed by atoms with E-state index in [0.717, 1.165) is 5.56 Å². The molecule has 21 heavy (non-hydrogen) atoms. The second-order valence-electron chi connectivity index (χ2n) is 4.64. The lowest BCUT2D eigenvalue weighted by molar-refractivity contribution is -0.124. The molecule has 1 N–H and O–H groups in total. The summed E-state index contributed by atoms with van der Waals surface area (Å²) in [6.07, 6.45) is 0. The Kier molecular flexibility index (Phi) is 3.54. The highest BCUT2D eigenvalue weighted by Crippen LogP contribution is 2.26. The number of hydrogen-bond donors (Lipinski definition) is 1. The quantitative estimate of drug-likeness (QED) is 0.867. The molecule has 2 aromatic rings. The molecule has 1 aliphatic heterocycles. The number of amides is 2. The van der Waals surface area contributed by atoms with Gasteiger partial charge in [0.1, 0.15) is 11.6 Å². The molecule has 2 amide bonds. The second kappa shape index (κ2) is 5.50. The van der Waals surface area contributed by atoms with E-state index < -0.39 is 11.8 Å². The average Bonchev–Trinajstić information content (AvgIpc) is 2.74. The third-order valence-electron chi connectivity index (χ3n) is 3.20. The monoisotopic (exact) mass is 298 g/mol. The Morgan fingerprint density at radius 3 is 2.48 bits per heavy atom. The lowest BCUT2D eigenvalue weighted by atomic mass is 9.96. The van der Waals surface area contributed by atoms with Crippen molar-refractivity contribution in [3.05, 3.63) is 65.2 Å². The van der Waals surface area contributed by atoms with Crippen LogP contribution in [0, 0.1) is 0 Å². The van der Waals surface area contributed by atoms with E-state index in [9.17, 15) is 9.59 Å². The molecule has 0 saturated carbocycles. The van der Waals surface area contributed by atoms with Gasteiger partial charge in [0.05, 0.1) is 5.69 Å². The number of hydrogen-bond acceptors (Lipinski definition) is 3. The lowest BCUT2D eigenvalue weighted by Crippen LogP contribution is -2.22. The number of rotatable bonds is 2. The van der Waals surface area contributed by atoms with Crippen LogP contribution in [0.5, 0.6) is 0 Å². The van der Waals surface area contributed by atoms with Gasteiger partial charge in [0, 0.05) is 5.02 Å². The maximum Gasteiger partial charge on any atom is 0.273 e. The fraction of sp³-hybridized carbons (Fsp3) is 0.0625. The minimum Gasteiger partial charge on any atom is -0.290 e. The van der Waals surface area contributed by atoms with Crippen LogP contribution in [0.15, 0.2) is 59.6 Å². The van der Waals surface area contributed by atoms with E-state index in [1.807, 2.05) is 18.2 Å². The van der Waals surface area contributed by atoms with Crippen molar-refractivity contribution in [3.8, 4) is 0 Å². The Hall–Kier alpha value is -2.46. The highest BCUT2D eigenvalue weighted by molar-refractivity contribution is 6.52. The van der Waals surface area contributed by atoms with E-state index in [-0.39, 0.29) is 11.6 Å². The van der Waals surface area contributed by atoms with Crippen molar-refractivity contribution in [2.75, 3.05) is 0 Å². The summed E-state index contributed by atoms with van der Waals surface area (Å²) in [5.41, 5.74) is 1.47. The van der Waals surface area contributed by atoms with Crippen LogP contribution >= 0.6 is 11.6 Å². The Balaban J connectivity index is 2.06. The van der Waals surface area contributed by atoms with Crippen molar-refractivity contribution in [3.63, 3.8) is 0 Å². The van der Waals surface area contributed by atoms with Gasteiger partial charge in [0.2, 0.25) is 5.91 Å². The predicted molar refractivity (Wildman–Crippen MR) is 80.9 cm³/mol. The molecule has 0 aromatic heterocycles. The zero-order valence-corrected chi connectivity index (χ0v) is 11.7. The number of imide groups is 1. The van der Waals surface area contributed by atoms with Crippen molar-refractivity contribution in [1.82, 2.24) is 5.32 Å². The maximum atomic E-state index is 12.0. The first-order valence-electron chi connectivity index (χ1n) is 6.39. The summed E-state index contributed by atoms with van der Waals surface area (Å²) in [7, 11) is 0. The predicted octanol–water partition coefficient (Wildman–Crippen LogP) is 2.85. The minimum absolute atomic E-state index is 0.188. The Morgan fingerprint density at radius 2 is 1.76 bits per heavy atom. The first kappa shape index (κ1) is 13.5. The zero-order valence-electron chi connectivity index (χ0n) is 10.9. The molecular formula is C16H11ClN2O2. The largest absolute Gasteiger partial charge is 0.290 e. The molecule has 2 aromatic carbocycles. The molecule has 104 valence electrons. The topological polar surface area (TPSA) is 58.5 Å². The molecule has 4 nitrogen and oxygen atoms in total. The summed E-state index contributed by atoms with van der Waals surface area (Å²) in [5.74, 6) is -1.50. The summed E-state index contributed by atoms with van der Waals surface area (Å²) in [5, 5.41) is 2.83. The van der Waals surface area contributed by atoms with Gasteiger partial charge < -0.3 is 0 Å². The molecule has 1 unspecified atom stereocenters. The average molecular weight is 299 g/mol. The summed E-state index contributed by atoms with van der Waals surface area (Å²) in [6.45, 7) is 0. The van der Waals surface area contributed by atoms with Crippen molar-refractivity contribution < 1.29 is 9.59 Å². The first-order valence-corrected chi connectivity index (χ1v) is 6.77. The van der Waals surface area contributed by atoms with Crippen LogP contribution in [0.1, 0.15) is 11.5 Å². The zero-order chi connectivity index (χ0) is 14.8. The van der Waals surface area contributed by atoms with Gasteiger partial charge in [-0.2, -0.15) is 0 Å². The van der Waals surface area contributed by atoms with Gasteiger partial charge in [0.15, 0.2) is 0 Å². The number of nitrogens with zero attached hydrogens (tertiary/aromatic N) is 1. The van der Waals surface area contributed by atoms with Gasteiger partial charge in [0.25, 0.3) is 5.91 Å². The van der Waals surface area contributed by atoms with Crippen molar-refractivity contribution in [2.24, 2.45) is 4.99 Å². The third-order valence-corrected chi connectivity index (χ3v) is 3.43. The molecule has 0 aliphatic carbocycles. The van der Waals surface area contributed by atoms with Gasteiger partial charge in [-0.05, 0) is 23.8 Å². The Bertz CT molecular complexity index is 741. The molecule has 1 fully saturated rings. The third kappa shape index (κ3) is 2.71. The Morgan fingerprint density at radius 1 is 1.00 bits per heavy atom. The van der Waals surface area contributed by atoms with Crippen LogP contribution in [0.4, 0.5) is 5.69 Å². The van der Waals surface area contributed by atoms with Crippen LogP contribution in [0.3, 0.4) is 0 Å². The molecule has 0 spiro atoms. The maximum absolute atomic E-state index is 12.0. The summed E-state index contributed by atoms with van der Waals surface area (Å²) in [4.78, 5) is 28.3. The molecule has 1 saturated heterocycles. The molecule has 5 heteroatoms. The highest BCUT2D eigenvalue weighted by Gasteiger charge is 2.39. The molecule has 0 radical (unpaired) electrons. The van der Waals surface area contributed by atoms with E-state index >= 15 is 0 Å². The number of benzene rings is 2. The van der Waals surface area contributed by atoms with Gasteiger partial charge in [-0.25, -0.2) is 4.99 Å². The van der Waals surface area contributed by atoms with E-state index in [4.69, 9.17) is 11.6 Å². The standard InChI is InChI=1S/C16H11ClN2O2/c17-11-7-4-8-12(9-11)18-14-13(15(20)19-16(14)21)10-5-2-1-3-6-10/h1-9,13H,(H,19,20,21). The van der Waals surface area contributed by atoms with Crippen LogP contribution in [0.2, 0.25) is 5.02 Å². The fourth-order valence-corrected chi connectivity index (χ4v) is 2.44. The second-order valence-corrected chi connectivity index (χ2v) is 5.08. The minimum atomic E-state index is -0.683. The first-order chi connectivity index (χ1) is 10.1. The number of nitrogens with one attached hydrogen (secondary N) is 1. The van der Waals surface area contributed by atoms with E-state index in [2.05, 4.69) is 10.3 Å². The number of halogens is 1. The smallest absolute Gasteiger partial charge is 0.273 e. The molecule has 1 atom stereocenters. The van der Waals surface area contributed by atoms with E-state index in [0.29, 0.717) is 10.7 Å².